The summed E-state index contributed by atoms with van der Waals surface area (Å²) in [5.74, 6) is 5.91. The Morgan fingerprint density at radius 2 is 2.47 bits per heavy atom. The molecule has 1 aromatic rings. The van der Waals surface area contributed by atoms with Crippen LogP contribution in [0.5, 0.6) is 0 Å². The van der Waals surface area contributed by atoms with Gasteiger partial charge in [0.25, 0.3) is 5.91 Å². The molecule has 1 aliphatic carbocycles. The van der Waals surface area contributed by atoms with E-state index in [-0.39, 0.29) is 5.91 Å². The van der Waals surface area contributed by atoms with Gasteiger partial charge in [0, 0.05) is 6.61 Å². The first kappa shape index (κ1) is 10.2. The minimum atomic E-state index is -0.353. The van der Waals surface area contributed by atoms with E-state index in [0.717, 1.165) is 6.61 Å². The van der Waals surface area contributed by atoms with Gasteiger partial charge in [-0.1, -0.05) is 0 Å². The van der Waals surface area contributed by atoms with Crippen molar-refractivity contribution in [1.82, 2.24) is 5.43 Å². The molecule has 5 heteroatoms. The van der Waals surface area contributed by atoms with Crippen molar-refractivity contribution in [3.05, 3.63) is 23.7 Å². The van der Waals surface area contributed by atoms with E-state index in [4.69, 9.17) is 15.0 Å². The summed E-state index contributed by atoms with van der Waals surface area (Å²) in [5.41, 5.74) is 2.50. The summed E-state index contributed by atoms with van der Waals surface area (Å²) in [6.45, 7) is 1.07. The Hall–Kier alpha value is -1.33. The minimum absolute atomic E-state index is 0.326. The average Bonchev–Trinajstić information content (AvgIpc) is 2.95. The predicted octanol–water partition coefficient (Wildman–Crippen LogP) is 0.810. The molecule has 0 spiro atoms. The van der Waals surface area contributed by atoms with Gasteiger partial charge in [-0.05, 0) is 24.8 Å². The summed E-state index contributed by atoms with van der Waals surface area (Å²) in [4.78, 5) is 11.3. The highest BCUT2D eigenvalue weighted by Crippen LogP contribution is 2.29. The zero-order chi connectivity index (χ0) is 10.7. The number of carbonyl (C=O) groups excluding carboxylic acids is 1. The number of nitrogens with one attached hydrogen (secondary N) is 1. The van der Waals surface area contributed by atoms with Crippen LogP contribution >= 0.6 is 0 Å². The van der Waals surface area contributed by atoms with E-state index < -0.39 is 0 Å². The summed E-state index contributed by atoms with van der Waals surface area (Å²) < 4.78 is 10.6. The molecule has 0 unspecified atom stereocenters. The van der Waals surface area contributed by atoms with Crippen molar-refractivity contribution in [2.45, 2.75) is 19.4 Å². The summed E-state index contributed by atoms with van der Waals surface area (Å²) in [6.07, 6.45) is 3.95. The first-order valence-corrected chi connectivity index (χ1v) is 4.96. The third-order valence-corrected chi connectivity index (χ3v) is 2.40. The van der Waals surface area contributed by atoms with E-state index in [1.807, 2.05) is 0 Å². The molecule has 0 aromatic carbocycles. The molecule has 1 fully saturated rings. The van der Waals surface area contributed by atoms with Crippen LogP contribution in [-0.4, -0.2) is 12.5 Å². The number of carbonyl (C=O) groups is 1. The highest BCUT2D eigenvalue weighted by molar-refractivity contribution is 5.94. The van der Waals surface area contributed by atoms with Crippen molar-refractivity contribution in [3.63, 3.8) is 0 Å². The Bertz CT molecular complexity index is 344. The molecular weight excluding hydrogens is 196 g/mol. The Labute approximate surface area is 87.5 Å². The molecule has 1 saturated carbocycles. The first-order chi connectivity index (χ1) is 7.31. The third kappa shape index (κ3) is 2.57. The van der Waals surface area contributed by atoms with Gasteiger partial charge in [-0.25, -0.2) is 5.84 Å². The van der Waals surface area contributed by atoms with Crippen LogP contribution in [-0.2, 0) is 11.3 Å². The molecule has 1 heterocycles. The molecule has 5 nitrogen and oxygen atoms in total. The first-order valence-electron chi connectivity index (χ1n) is 4.96. The summed E-state index contributed by atoms with van der Waals surface area (Å²) in [6, 6.07) is 1.58. The van der Waals surface area contributed by atoms with Gasteiger partial charge in [-0.2, -0.15) is 0 Å². The molecule has 2 rings (SSSR count). The maximum atomic E-state index is 11.3. The highest BCUT2D eigenvalue weighted by atomic mass is 16.5. The van der Waals surface area contributed by atoms with E-state index in [1.54, 1.807) is 6.07 Å². The molecule has 0 aliphatic heterocycles. The number of furan rings is 1. The fraction of sp³-hybridized carbons (Fsp3) is 0.500. The molecule has 0 bridgehead atoms. The van der Waals surface area contributed by atoms with Gasteiger partial charge in [0.1, 0.15) is 12.4 Å². The number of rotatable bonds is 5. The fourth-order valence-electron chi connectivity index (χ4n) is 1.34. The molecule has 15 heavy (non-hydrogen) atoms. The molecule has 82 valence electrons. The van der Waals surface area contributed by atoms with Crippen molar-refractivity contribution in [1.29, 1.82) is 0 Å². The van der Waals surface area contributed by atoms with Crippen LogP contribution in [0.25, 0.3) is 0 Å². The lowest BCUT2D eigenvalue weighted by atomic mass is 10.2. The molecule has 0 atom stereocenters. The van der Waals surface area contributed by atoms with Crippen LogP contribution in [0.2, 0.25) is 0 Å². The topological polar surface area (TPSA) is 77.5 Å². The third-order valence-electron chi connectivity index (χ3n) is 2.40. The second-order valence-electron chi connectivity index (χ2n) is 3.69. The Kier molecular flexibility index (Phi) is 3.03. The second kappa shape index (κ2) is 4.46. The lowest BCUT2D eigenvalue weighted by Gasteiger charge is -2.02. The van der Waals surface area contributed by atoms with Crippen LogP contribution in [0, 0.1) is 5.92 Å². The van der Waals surface area contributed by atoms with Gasteiger partial charge in [0.2, 0.25) is 0 Å². The van der Waals surface area contributed by atoms with Gasteiger partial charge in [0.15, 0.2) is 0 Å². The quantitative estimate of drug-likeness (QED) is 0.428. The molecule has 1 amide bonds. The van der Waals surface area contributed by atoms with Crippen LogP contribution in [0.1, 0.15) is 29.0 Å². The second-order valence-corrected chi connectivity index (χ2v) is 3.69. The lowest BCUT2D eigenvalue weighted by molar-refractivity contribution is 0.0893. The zero-order valence-corrected chi connectivity index (χ0v) is 8.36. The molecule has 0 radical (unpaired) electrons. The van der Waals surface area contributed by atoms with Gasteiger partial charge >= 0.3 is 0 Å². The van der Waals surface area contributed by atoms with Crippen LogP contribution in [0.3, 0.4) is 0 Å². The highest BCUT2D eigenvalue weighted by Gasteiger charge is 2.22. The van der Waals surface area contributed by atoms with E-state index in [0.29, 0.717) is 23.8 Å². The Morgan fingerprint density at radius 1 is 1.67 bits per heavy atom. The van der Waals surface area contributed by atoms with Gasteiger partial charge in [-0.15, -0.1) is 0 Å². The van der Waals surface area contributed by atoms with Crippen molar-refractivity contribution < 1.29 is 13.9 Å². The maximum absolute atomic E-state index is 11.3. The van der Waals surface area contributed by atoms with Crippen LogP contribution < -0.4 is 11.3 Å². The van der Waals surface area contributed by atoms with Gasteiger partial charge in [-0.3, -0.25) is 10.2 Å². The van der Waals surface area contributed by atoms with E-state index >= 15 is 0 Å². The average molecular weight is 210 g/mol. The number of ether oxygens (including phenoxy) is 1. The molecule has 3 N–H and O–H groups in total. The van der Waals surface area contributed by atoms with E-state index in [9.17, 15) is 4.79 Å². The zero-order valence-electron chi connectivity index (χ0n) is 8.36. The summed E-state index contributed by atoms with van der Waals surface area (Å²) in [7, 11) is 0. The molecule has 1 aliphatic rings. The smallest absolute Gasteiger partial charge is 0.268 e. The number of hydrazine groups is 1. The lowest BCUT2D eigenvalue weighted by Crippen LogP contribution is -2.30. The monoisotopic (exact) mass is 210 g/mol. The van der Waals surface area contributed by atoms with Crippen molar-refractivity contribution in [2.75, 3.05) is 6.61 Å². The predicted molar refractivity (Wildman–Crippen MR) is 52.7 cm³/mol. The number of amides is 1. The van der Waals surface area contributed by atoms with E-state index in [2.05, 4.69) is 5.43 Å². The molecule has 1 aromatic heterocycles. The van der Waals surface area contributed by atoms with Crippen molar-refractivity contribution >= 4 is 5.91 Å². The normalized spacial score (nSPS) is 15.3. The van der Waals surface area contributed by atoms with Gasteiger partial charge in [0.05, 0.1) is 11.8 Å². The number of nitrogen functional groups attached to an aromatic ring is 1. The number of hydrogen-bond donors (Lipinski definition) is 2. The van der Waals surface area contributed by atoms with Gasteiger partial charge < -0.3 is 9.15 Å². The van der Waals surface area contributed by atoms with Crippen LogP contribution in [0.15, 0.2) is 16.7 Å². The molecule has 0 saturated heterocycles. The number of nitrogens with two attached hydrogens (primary N) is 1. The Balaban J connectivity index is 1.88. The Morgan fingerprint density at radius 3 is 3.13 bits per heavy atom. The SMILES string of the molecule is NNC(=O)c1ccoc1COCC1CC1. The largest absolute Gasteiger partial charge is 0.466 e. The minimum Gasteiger partial charge on any atom is -0.466 e. The molecular formula is C10H14N2O3. The van der Waals surface area contributed by atoms with E-state index in [1.165, 1.54) is 19.1 Å². The van der Waals surface area contributed by atoms with Crippen LogP contribution in [0.4, 0.5) is 0 Å². The standard InChI is InChI=1S/C10H14N2O3/c11-12-10(13)8-3-4-15-9(8)6-14-5-7-1-2-7/h3-4,7H,1-2,5-6,11H2,(H,12,13). The summed E-state index contributed by atoms with van der Waals surface area (Å²) >= 11 is 0. The van der Waals surface area contributed by atoms with Crippen molar-refractivity contribution in [3.8, 4) is 0 Å². The maximum Gasteiger partial charge on any atom is 0.268 e. The summed E-state index contributed by atoms with van der Waals surface area (Å²) in [5, 5.41) is 0. The number of hydrogen-bond acceptors (Lipinski definition) is 4. The fourth-order valence-corrected chi connectivity index (χ4v) is 1.34. The van der Waals surface area contributed by atoms with Crippen molar-refractivity contribution in [2.24, 2.45) is 11.8 Å².